The molecule has 1 aliphatic rings. The number of hydrogen-bond acceptors (Lipinski definition) is 6. The number of aryl methyl sites for hydroxylation is 1. The zero-order valence-corrected chi connectivity index (χ0v) is 15.5. The number of fused-ring (bicyclic) bond motifs is 1. The molecule has 2 N–H and O–H groups in total. The van der Waals surface area contributed by atoms with Gasteiger partial charge in [-0.25, -0.2) is 9.97 Å². The van der Waals surface area contributed by atoms with Crippen LogP contribution in [0.5, 0.6) is 0 Å². The Labute approximate surface area is 156 Å². The maximum Gasteiger partial charge on any atom is 0.264 e. The number of amides is 1. The first-order valence-electron chi connectivity index (χ1n) is 8.68. The quantitative estimate of drug-likeness (QED) is 0.770. The fourth-order valence-electron chi connectivity index (χ4n) is 3.27. The summed E-state index contributed by atoms with van der Waals surface area (Å²) in [6, 6.07) is 9.78. The van der Waals surface area contributed by atoms with E-state index in [1.54, 1.807) is 0 Å². The summed E-state index contributed by atoms with van der Waals surface area (Å²) >= 11 is 1.52. The van der Waals surface area contributed by atoms with Gasteiger partial charge in [-0.15, -0.1) is 11.3 Å². The number of para-hydroxylation sites is 1. The molecule has 7 heteroatoms. The van der Waals surface area contributed by atoms with Crippen LogP contribution in [0.15, 0.2) is 35.7 Å². The second kappa shape index (κ2) is 7.01. The molecule has 0 radical (unpaired) electrons. The molecule has 3 heterocycles. The van der Waals surface area contributed by atoms with Gasteiger partial charge in [0.25, 0.3) is 5.91 Å². The van der Waals surface area contributed by atoms with Crippen LogP contribution in [0.3, 0.4) is 0 Å². The Kier molecular flexibility index (Phi) is 4.57. The van der Waals surface area contributed by atoms with Crippen molar-refractivity contribution in [2.75, 3.05) is 31.9 Å². The van der Waals surface area contributed by atoms with Crippen LogP contribution in [-0.4, -0.2) is 51.9 Å². The molecule has 0 aliphatic carbocycles. The van der Waals surface area contributed by atoms with Gasteiger partial charge in [0, 0.05) is 31.6 Å². The Morgan fingerprint density at radius 1 is 1.15 bits per heavy atom. The molecular weight excluding hydrogens is 346 g/mol. The topological polar surface area (TPSA) is 75.4 Å². The van der Waals surface area contributed by atoms with E-state index in [2.05, 4.69) is 14.9 Å². The maximum absolute atomic E-state index is 12.6. The molecule has 1 amide bonds. The molecule has 3 aromatic rings. The first-order chi connectivity index (χ1) is 12.6. The summed E-state index contributed by atoms with van der Waals surface area (Å²) in [5.41, 5.74) is 8.00. The molecule has 134 valence electrons. The first-order valence-corrected chi connectivity index (χ1v) is 9.56. The van der Waals surface area contributed by atoms with E-state index in [0.29, 0.717) is 12.4 Å². The van der Waals surface area contributed by atoms with E-state index < -0.39 is 0 Å². The first kappa shape index (κ1) is 16.9. The maximum atomic E-state index is 12.6. The lowest BCUT2D eigenvalue weighted by atomic mass is 10.2. The molecule has 1 aromatic carbocycles. The van der Waals surface area contributed by atoms with Crippen LogP contribution in [0.2, 0.25) is 0 Å². The van der Waals surface area contributed by atoms with Crippen molar-refractivity contribution >= 4 is 34.0 Å². The molecule has 26 heavy (non-hydrogen) atoms. The molecule has 1 fully saturated rings. The molecule has 2 aromatic heterocycles. The number of carbonyl (C=O) groups excluding carboxylic acids is 1. The number of anilines is 1. The normalized spacial score (nSPS) is 15.5. The molecule has 0 bridgehead atoms. The lowest BCUT2D eigenvalue weighted by Gasteiger charge is -2.34. The summed E-state index contributed by atoms with van der Waals surface area (Å²) < 4.78 is 0. The van der Waals surface area contributed by atoms with E-state index in [1.165, 1.54) is 11.3 Å². The minimum absolute atomic E-state index is 0.142. The number of nitrogens with zero attached hydrogens (tertiary/aromatic N) is 4. The van der Waals surface area contributed by atoms with E-state index in [9.17, 15) is 4.79 Å². The van der Waals surface area contributed by atoms with Crippen LogP contribution < -0.4 is 5.73 Å². The van der Waals surface area contributed by atoms with Gasteiger partial charge in [-0.05, 0) is 36.1 Å². The lowest BCUT2D eigenvalue weighted by Crippen LogP contribution is -2.48. The lowest BCUT2D eigenvalue weighted by molar-refractivity contribution is 0.0630. The number of benzene rings is 1. The van der Waals surface area contributed by atoms with Crippen molar-refractivity contribution in [1.82, 2.24) is 19.8 Å². The number of nitrogen functional groups attached to an aromatic ring is 1. The summed E-state index contributed by atoms with van der Waals surface area (Å²) in [5.74, 6) is 1.39. The van der Waals surface area contributed by atoms with Crippen LogP contribution in [0, 0.1) is 6.92 Å². The summed E-state index contributed by atoms with van der Waals surface area (Å²) in [6.07, 6.45) is 0. The number of hydrogen-bond donors (Lipinski definition) is 1. The van der Waals surface area contributed by atoms with Crippen molar-refractivity contribution in [1.29, 1.82) is 0 Å². The third kappa shape index (κ3) is 3.27. The molecule has 0 spiro atoms. The molecule has 1 aliphatic heterocycles. The van der Waals surface area contributed by atoms with E-state index >= 15 is 0 Å². The van der Waals surface area contributed by atoms with Crippen molar-refractivity contribution in [3.8, 4) is 0 Å². The van der Waals surface area contributed by atoms with Crippen LogP contribution in [-0.2, 0) is 6.54 Å². The van der Waals surface area contributed by atoms with Crippen molar-refractivity contribution in [2.24, 2.45) is 0 Å². The summed E-state index contributed by atoms with van der Waals surface area (Å²) in [4.78, 5) is 26.7. The number of carbonyl (C=O) groups is 1. The van der Waals surface area contributed by atoms with Gasteiger partial charge in [-0.3, -0.25) is 9.69 Å². The summed E-state index contributed by atoms with van der Waals surface area (Å²) in [6.45, 7) is 5.70. The summed E-state index contributed by atoms with van der Waals surface area (Å²) in [5, 5.41) is 2.86. The highest BCUT2D eigenvalue weighted by Crippen LogP contribution is 2.20. The van der Waals surface area contributed by atoms with E-state index in [0.717, 1.165) is 53.3 Å². The highest BCUT2D eigenvalue weighted by molar-refractivity contribution is 7.12. The minimum Gasteiger partial charge on any atom is -0.383 e. The summed E-state index contributed by atoms with van der Waals surface area (Å²) in [7, 11) is 0. The molecule has 4 rings (SSSR count). The van der Waals surface area contributed by atoms with Gasteiger partial charge in [-0.2, -0.15) is 0 Å². The molecule has 6 nitrogen and oxygen atoms in total. The Bertz CT molecular complexity index is 946. The Hall–Kier alpha value is -2.51. The number of piperazine rings is 1. The Morgan fingerprint density at radius 2 is 1.92 bits per heavy atom. The average molecular weight is 367 g/mol. The van der Waals surface area contributed by atoms with Crippen molar-refractivity contribution in [3.05, 3.63) is 52.0 Å². The smallest absolute Gasteiger partial charge is 0.264 e. The van der Waals surface area contributed by atoms with Gasteiger partial charge in [0.15, 0.2) is 0 Å². The third-order valence-electron chi connectivity index (χ3n) is 4.76. The number of rotatable bonds is 3. The Morgan fingerprint density at radius 3 is 2.65 bits per heavy atom. The highest BCUT2D eigenvalue weighted by Gasteiger charge is 2.24. The van der Waals surface area contributed by atoms with Gasteiger partial charge in [0.2, 0.25) is 0 Å². The van der Waals surface area contributed by atoms with Gasteiger partial charge in [0.05, 0.1) is 16.9 Å². The zero-order valence-electron chi connectivity index (χ0n) is 14.7. The second-order valence-electron chi connectivity index (χ2n) is 6.54. The number of thiophene rings is 1. The van der Waals surface area contributed by atoms with Crippen LogP contribution in [0.25, 0.3) is 10.9 Å². The molecule has 0 unspecified atom stereocenters. The van der Waals surface area contributed by atoms with Gasteiger partial charge in [-0.1, -0.05) is 12.1 Å². The van der Waals surface area contributed by atoms with Crippen LogP contribution in [0.1, 0.15) is 21.1 Å². The number of aromatic nitrogens is 2. The van der Waals surface area contributed by atoms with E-state index in [1.807, 2.05) is 47.5 Å². The largest absolute Gasteiger partial charge is 0.383 e. The molecule has 0 atom stereocenters. The molecule has 1 saturated heterocycles. The van der Waals surface area contributed by atoms with E-state index in [-0.39, 0.29) is 5.91 Å². The molecular formula is C19H21N5OS. The highest BCUT2D eigenvalue weighted by atomic mass is 32.1. The van der Waals surface area contributed by atoms with E-state index in [4.69, 9.17) is 5.73 Å². The predicted molar refractivity (Wildman–Crippen MR) is 104 cm³/mol. The van der Waals surface area contributed by atoms with Gasteiger partial charge >= 0.3 is 0 Å². The SMILES string of the molecule is Cc1ccsc1C(=O)N1CCN(Cc2nc(N)c3ccccc3n2)CC1. The van der Waals surface area contributed by atoms with Gasteiger partial charge < -0.3 is 10.6 Å². The zero-order chi connectivity index (χ0) is 18.1. The third-order valence-corrected chi connectivity index (χ3v) is 5.76. The van der Waals surface area contributed by atoms with Crippen molar-refractivity contribution in [3.63, 3.8) is 0 Å². The fraction of sp³-hybridized carbons (Fsp3) is 0.316. The minimum atomic E-state index is 0.142. The second-order valence-corrected chi connectivity index (χ2v) is 7.46. The monoisotopic (exact) mass is 367 g/mol. The average Bonchev–Trinajstić information content (AvgIpc) is 3.08. The Balaban J connectivity index is 1.41. The van der Waals surface area contributed by atoms with Crippen molar-refractivity contribution < 1.29 is 4.79 Å². The van der Waals surface area contributed by atoms with Crippen LogP contribution >= 0.6 is 11.3 Å². The standard InChI is InChI=1S/C19H21N5OS/c1-13-6-11-26-17(13)19(25)24-9-7-23(8-10-24)12-16-21-15-5-3-2-4-14(15)18(20)22-16/h2-6,11H,7-10,12H2,1H3,(H2,20,21,22). The van der Waals surface area contributed by atoms with Gasteiger partial charge in [0.1, 0.15) is 11.6 Å². The van der Waals surface area contributed by atoms with Crippen LogP contribution in [0.4, 0.5) is 5.82 Å². The number of nitrogens with two attached hydrogens (primary N) is 1. The molecule has 0 saturated carbocycles. The predicted octanol–water partition coefficient (Wildman–Crippen LogP) is 2.54. The van der Waals surface area contributed by atoms with Crippen molar-refractivity contribution in [2.45, 2.75) is 13.5 Å². The fourth-order valence-corrected chi connectivity index (χ4v) is 4.16.